The lowest BCUT2D eigenvalue weighted by molar-refractivity contribution is 0.509. The molecule has 0 radical (unpaired) electrons. The Balaban J connectivity index is 2.22. The van der Waals surface area contributed by atoms with Gasteiger partial charge < -0.3 is 5.32 Å². The zero-order valence-corrected chi connectivity index (χ0v) is 8.16. The monoisotopic (exact) mass is 171 g/mol. The normalized spacial score (nSPS) is 33.6. The van der Waals surface area contributed by atoms with Crippen molar-refractivity contribution in [1.29, 1.82) is 0 Å². The first-order valence-corrected chi connectivity index (χ1v) is 5.27. The van der Waals surface area contributed by atoms with E-state index in [1.807, 2.05) is 6.08 Å². The highest BCUT2D eigenvalue weighted by Gasteiger charge is 2.21. The largest absolute Gasteiger partial charge is 0.307 e. The summed E-state index contributed by atoms with van der Waals surface area (Å²) in [5.74, 6) is 1.26. The molecule has 0 spiro atoms. The van der Waals surface area contributed by atoms with Gasteiger partial charge in [-0.05, 0) is 13.3 Å². The Kier molecular flexibility index (Phi) is 3.46. The molecule has 0 saturated carbocycles. The van der Waals surface area contributed by atoms with E-state index in [9.17, 15) is 0 Å². The fourth-order valence-corrected chi connectivity index (χ4v) is 2.53. The summed E-state index contributed by atoms with van der Waals surface area (Å²) in [4.78, 5) is 0. The minimum absolute atomic E-state index is 0.464. The van der Waals surface area contributed by atoms with Crippen molar-refractivity contribution in [3.63, 3.8) is 0 Å². The summed E-state index contributed by atoms with van der Waals surface area (Å²) in [6, 6.07) is 1.17. The predicted octanol–water partition coefficient (Wildman–Crippen LogP) is 2.04. The van der Waals surface area contributed by atoms with E-state index in [0.29, 0.717) is 12.1 Å². The third-order valence-corrected chi connectivity index (χ3v) is 3.41. The smallest absolute Gasteiger partial charge is 0.0221 e. The van der Waals surface area contributed by atoms with Crippen molar-refractivity contribution >= 4 is 11.8 Å². The van der Waals surface area contributed by atoms with Crippen LogP contribution in [0.4, 0.5) is 0 Å². The summed E-state index contributed by atoms with van der Waals surface area (Å²) in [7, 11) is 0. The van der Waals surface area contributed by atoms with E-state index >= 15 is 0 Å². The molecule has 1 aliphatic heterocycles. The molecule has 1 saturated heterocycles. The minimum Gasteiger partial charge on any atom is -0.307 e. The second-order valence-electron chi connectivity index (χ2n) is 3.27. The lowest BCUT2D eigenvalue weighted by atomic mass is 10.2. The van der Waals surface area contributed by atoms with Gasteiger partial charge in [0, 0.05) is 23.1 Å². The average Bonchev–Trinajstić information content (AvgIpc) is 2.35. The maximum absolute atomic E-state index is 3.75. The molecule has 1 heterocycles. The van der Waals surface area contributed by atoms with E-state index in [0.717, 1.165) is 5.25 Å². The number of hydrogen-bond donors (Lipinski definition) is 1. The molecule has 1 aliphatic rings. The van der Waals surface area contributed by atoms with E-state index in [1.54, 1.807) is 0 Å². The lowest BCUT2D eigenvalue weighted by Crippen LogP contribution is -2.35. The summed E-state index contributed by atoms with van der Waals surface area (Å²) < 4.78 is 0. The molecule has 1 N–H and O–H groups in total. The Labute approximate surface area is 73.6 Å². The van der Waals surface area contributed by atoms with Crippen molar-refractivity contribution < 1.29 is 0 Å². The van der Waals surface area contributed by atoms with Crippen molar-refractivity contribution in [3.8, 4) is 0 Å². The van der Waals surface area contributed by atoms with Gasteiger partial charge >= 0.3 is 0 Å². The van der Waals surface area contributed by atoms with Crippen LogP contribution in [0.15, 0.2) is 12.7 Å². The molecule has 1 fully saturated rings. The van der Waals surface area contributed by atoms with Crippen LogP contribution in [0, 0.1) is 0 Å². The Morgan fingerprint density at radius 2 is 2.45 bits per heavy atom. The van der Waals surface area contributed by atoms with Gasteiger partial charge in [0.25, 0.3) is 0 Å². The molecular formula is C9H17NS. The van der Waals surface area contributed by atoms with Crippen molar-refractivity contribution in [2.45, 2.75) is 37.6 Å². The summed E-state index contributed by atoms with van der Waals surface area (Å²) in [5, 5.41) is 4.36. The molecule has 0 aromatic rings. The number of rotatable bonds is 3. The van der Waals surface area contributed by atoms with Crippen molar-refractivity contribution in [1.82, 2.24) is 5.32 Å². The third-order valence-electron chi connectivity index (χ3n) is 2.05. The Bertz CT molecular complexity index is 136. The molecule has 11 heavy (non-hydrogen) atoms. The van der Waals surface area contributed by atoms with Crippen LogP contribution in [0.5, 0.6) is 0 Å². The SMILES string of the molecule is C=CC(C)NC1CSC(C)C1. The standard InChI is InChI=1S/C9H17NS/c1-4-7(2)10-9-5-8(3)11-6-9/h4,7-10H,1,5-6H2,2-3H3. The molecule has 0 amide bonds. The molecule has 3 unspecified atom stereocenters. The average molecular weight is 171 g/mol. The van der Waals surface area contributed by atoms with E-state index in [4.69, 9.17) is 0 Å². The molecule has 0 aromatic carbocycles. The first-order chi connectivity index (χ1) is 5.22. The molecular weight excluding hydrogens is 154 g/mol. The highest BCUT2D eigenvalue weighted by atomic mass is 32.2. The van der Waals surface area contributed by atoms with Gasteiger partial charge in [0.1, 0.15) is 0 Å². The van der Waals surface area contributed by atoms with Crippen LogP contribution in [0.1, 0.15) is 20.3 Å². The maximum atomic E-state index is 3.75. The summed E-state index contributed by atoms with van der Waals surface area (Å²) in [6.45, 7) is 8.20. The molecule has 3 atom stereocenters. The molecule has 64 valence electrons. The number of nitrogens with one attached hydrogen (secondary N) is 1. The van der Waals surface area contributed by atoms with Crippen LogP contribution >= 0.6 is 11.8 Å². The Morgan fingerprint density at radius 3 is 2.91 bits per heavy atom. The van der Waals surface area contributed by atoms with E-state index in [-0.39, 0.29) is 0 Å². The van der Waals surface area contributed by atoms with Crippen molar-refractivity contribution in [2.75, 3.05) is 5.75 Å². The highest BCUT2D eigenvalue weighted by molar-refractivity contribution is 8.00. The quantitative estimate of drug-likeness (QED) is 0.652. The fourth-order valence-electron chi connectivity index (χ4n) is 1.37. The van der Waals surface area contributed by atoms with Crippen LogP contribution in [0.25, 0.3) is 0 Å². The van der Waals surface area contributed by atoms with Crippen molar-refractivity contribution in [3.05, 3.63) is 12.7 Å². The van der Waals surface area contributed by atoms with E-state index in [1.165, 1.54) is 12.2 Å². The second kappa shape index (κ2) is 4.17. The second-order valence-corrected chi connectivity index (χ2v) is 4.74. The van der Waals surface area contributed by atoms with E-state index < -0.39 is 0 Å². The zero-order valence-electron chi connectivity index (χ0n) is 7.34. The van der Waals surface area contributed by atoms with Crippen molar-refractivity contribution in [2.24, 2.45) is 0 Å². The topological polar surface area (TPSA) is 12.0 Å². The first-order valence-electron chi connectivity index (χ1n) is 4.22. The zero-order chi connectivity index (χ0) is 8.27. The van der Waals surface area contributed by atoms with Crippen LogP contribution in [0.3, 0.4) is 0 Å². The van der Waals surface area contributed by atoms with E-state index in [2.05, 4.69) is 37.5 Å². The third kappa shape index (κ3) is 2.88. The maximum Gasteiger partial charge on any atom is 0.0221 e. The van der Waals surface area contributed by atoms with Gasteiger partial charge in [-0.3, -0.25) is 0 Å². The van der Waals surface area contributed by atoms with Gasteiger partial charge in [0.15, 0.2) is 0 Å². The Morgan fingerprint density at radius 1 is 1.73 bits per heavy atom. The minimum atomic E-state index is 0.464. The molecule has 1 rings (SSSR count). The Hall–Kier alpha value is 0.0500. The summed E-state index contributed by atoms with van der Waals surface area (Å²) >= 11 is 2.06. The van der Waals surface area contributed by atoms with Crippen LogP contribution in [-0.2, 0) is 0 Å². The van der Waals surface area contributed by atoms with Gasteiger partial charge in [0.2, 0.25) is 0 Å². The highest BCUT2D eigenvalue weighted by Crippen LogP contribution is 2.26. The molecule has 0 aliphatic carbocycles. The summed E-state index contributed by atoms with van der Waals surface area (Å²) in [6.07, 6.45) is 3.27. The van der Waals surface area contributed by atoms with Crippen LogP contribution in [-0.4, -0.2) is 23.1 Å². The molecule has 0 bridgehead atoms. The molecule has 1 nitrogen and oxygen atoms in total. The fraction of sp³-hybridized carbons (Fsp3) is 0.778. The molecule has 2 heteroatoms. The van der Waals surface area contributed by atoms with Gasteiger partial charge in [0.05, 0.1) is 0 Å². The van der Waals surface area contributed by atoms with Gasteiger partial charge in [-0.2, -0.15) is 11.8 Å². The number of hydrogen-bond acceptors (Lipinski definition) is 2. The predicted molar refractivity (Wildman–Crippen MR) is 53.1 cm³/mol. The van der Waals surface area contributed by atoms with Crippen LogP contribution in [0.2, 0.25) is 0 Å². The van der Waals surface area contributed by atoms with Gasteiger partial charge in [-0.15, -0.1) is 6.58 Å². The lowest BCUT2D eigenvalue weighted by Gasteiger charge is -2.15. The number of thioether (sulfide) groups is 1. The van der Waals surface area contributed by atoms with Crippen LogP contribution < -0.4 is 5.32 Å². The van der Waals surface area contributed by atoms with Gasteiger partial charge in [-0.25, -0.2) is 0 Å². The van der Waals surface area contributed by atoms with Gasteiger partial charge in [-0.1, -0.05) is 13.0 Å². The molecule has 0 aromatic heterocycles. The first kappa shape index (κ1) is 9.14. The summed E-state index contributed by atoms with van der Waals surface area (Å²) in [5.41, 5.74) is 0.